The molecule has 0 fully saturated rings. The number of aliphatic hydroxyl groups excluding tert-OH is 1. The molecule has 0 unspecified atom stereocenters. The normalized spacial score (nSPS) is 19.5. The smallest absolute Gasteiger partial charge is 0.0707 e. The average molecular weight is 218 g/mol. The first-order valence-electron chi connectivity index (χ1n) is 5.50. The molecule has 1 N–H and O–H groups in total. The minimum absolute atomic E-state index is 0.0214. The molecular formula is C12H26OS. The number of aliphatic hydroxyl groups is 1. The predicted octanol–water partition coefficient (Wildman–Crippen LogP) is 3.70. The van der Waals surface area contributed by atoms with Gasteiger partial charge in [-0.05, 0) is 19.3 Å². The van der Waals surface area contributed by atoms with Crippen LogP contribution in [-0.4, -0.2) is 20.7 Å². The van der Waals surface area contributed by atoms with Crippen LogP contribution in [0, 0.1) is 5.92 Å². The standard InChI is InChI=1S/C12H26OS/c1-8-12(7,10(13)9(2)3)14-11(4,5)6/h9-10,13H,8H2,1-7H3/t10-,12+/m0/s1. The van der Waals surface area contributed by atoms with Gasteiger partial charge in [-0.15, -0.1) is 11.8 Å². The van der Waals surface area contributed by atoms with Gasteiger partial charge in [-0.1, -0.05) is 41.5 Å². The van der Waals surface area contributed by atoms with Crippen molar-refractivity contribution in [3.05, 3.63) is 0 Å². The Kier molecular flexibility index (Phi) is 5.00. The van der Waals surface area contributed by atoms with Crippen molar-refractivity contribution in [2.24, 2.45) is 5.92 Å². The van der Waals surface area contributed by atoms with E-state index in [1.165, 1.54) is 0 Å². The fraction of sp³-hybridized carbons (Fsp3) is 1.00. The van der Waals surface area contributed by atoms with Gasteiger partial charge >= 0.3 is 0 Å². The van der Waals surface area contributed by atoms with Crippen molar-refractivity contribution >= 4 is 11.8 Å². The summed E-state index contributed by atoms with van der Waals surface area (Å²) in [4.78, 5) is 0. The molecule has 0 heterocycles. The molecule has 0 amide bonds. The maximum Gasteiger partial charge on any atom is 0.0707 e. The van der Waals surface area contributed by atoms with Gasteiger partial charge in [0.15, 0.2) is 0 Å². The second-order valence-corrected chi connectivity index (χ2v) is 7.93. The number of thioether (sulfide) groups is 1. The minimum Gasteiger partial charge on any atom is -0.391 e. The van der Waals surface area contributed by atoms with Crippen molar-refractivity contribution in [1.29, 1.82) is 0 Å². The summed E-state index contributed by atoms with van der Waals surface area (Å²) in [6.45, 7) is 15.1. The van der Waals surface area contributed by atoms with Crippen LogP contribution >= 0.6 is 11.8 Å². The van der Waals surface area contributed by atoms with Crippen molar-refractivity contribution in [2.75, 3.05) is 0 Å². The molecule has 0 aliphatic heterocycles. The summed E-state index contributed by atoms with van der Waals surface area (Å²) in [6.07, 6.45) is 0.783. The molecule has 0 bridgehead atoms. The molecule has 0 aromatic carbocycles. The number of hydrogen-bond acceptors (Lipinski definition) is 2. The highest BCUT2D eigenvalue weighted by molar-refractivity contribution is 8.01. The van der Waals surface area contributed by atoms with Crippen LogP contribution in [0.1, 0.15) is 54.9 Å². The van der Waals surface area contributed by atoms with Crippen LogP contribution in [0.4, 0.5) is 0 Å². The number of rotatable bonds is 4. The average Bonchev–Trinajstić information content (AvgIpc) is 1.99. The largest absolute Gasteiger partial charge is 0.391 e. The fourth-order valence-electron chi connectivity index (χ4n) is 1.75. The van der Waals surface area contributed by atoms with Crippen LogP contribution in [-0.2, 0) is 0 Å². The molecule has 1 nitrogen and oxygen atoms in total. The van der Waals surface area contributed by atoms with E-state index in [9.17, 15) is 5.11 Å². The van der Waals surface area contributed by atoms with Crippen molar-refractivity contribution in [3.63, 3.8) is 0 Å². The lowest BCUT2D eigenvalue weighted by atomic mass is 9.92. The zero-order valence-corrected chi connectivity index (χ0v) is 11.5. The van der Waals surface area contributed by atoms with Crippen LogP contribution < -0.4 is 0 Å². The second kappa shape index (κ2) is 4.89. The van der Waals surface area contributed by atoms with Gasteiger partial charge in [0.1, 0.15) is 0 Å². The lowest BCUT2D eigenvalue weighted by Crippen LogP contribution is -2.42. The van der Waals surface area contributed by atoms with E-state index >= 15 is 0 Å². The summed E-state index contributed by atoms with van der Waals surface area (Å²) in [5, 5.41) is 10.2. The molecule has 86 valence electrons. The molecule has 0 aromatic heterocycles. The van der Waals surface area contributed by atoms with E-state index in [1.807, 2.05) is 11.8 Å². The fourth-order valence-corrected chi connectivity index (χ4v) is 3.68. The van der Waals surface area contributed by atoms with Crippen molar-refractivity contribution in [3.8, 4) is 0 Å². The highest BCUT2D eigenvalue weighted by Gasteiger charge is 2.37. The van der Waals surface area contributed by atoms with Gasteiger partial charge in [-0.25, -0.2) is 0 Å². The molecule has 0 saturated heterocycles. The van der Waals surface area contributed by atoms with E-state index in [0.717, 1.165) is 6.42 Å². The molecule has 0 aliphatic carbocycles. The van der Waals surface area contributed by atoms with Gasteiger partial charge < -0.3 is 5.11 Å². The first-order chi connectivity index (χ1) is 6.12. The van der Waals surface area contributed by atoms with Gasteiger partial charge in [-0.2, -0.15) is 0 Å². The molecule has 2 atom stereocenters. The Bertz CT molecular complexity index is 172. The maximum absolute atomic E-state index is 10.2. The zero-order chi connectivity index (χ0) is 11.6. The monoisotopic (exact) mass is 218 g/mol. The lowest BCUT2D eigenvalue weighted by molar-refractivity contribution is 0.0869. The SMILES string of the molecule is CC[C@@](C)(SC(C)(C)C)[C@@H](O)C(C)C. The van der Waals surface area contributed by atoms with Gasteiger partial charge in [0.2, 0.25) is 0 Å². The van der Waals surface area contributed by atoms with Crippen LogP contribution in [0.3, 0.4) is 0 Å². The maximum atomic E-state index is 10.2. The molecule has 0 aliphatic rings. The topological polar surface area (TPSA) is 20.2 Å². The van der Waals surface area contributed by atoms with Crippen molar-refractivity contribution in [1.82, 2.24) is 0 Å². The Morgan fingerprint density at radius 3 is 1.79 bits per heavy atom. The van der Waals surface area contributed by atoms with Crippen LogP contribution in [0.5, 0.6) is 0 Å². The van der Waals surface area contributed by atoms with Crippen LogP contribution in [0.25, 0.3) is 0 Å². The summed E-state index contributed by atoms with van der Waals surface area (Å²) in [7, 11) is 0. The van der Waals surface area contributed by atoms with Crippen LogP contribution in [0.15, 0.2) is 0 Å². The van der Waals surface area contributed by atoms with E-state index in [-0.39, 0.29) is 15.6 Å². The first kappa shape index (κ1) is 14.3. The summed E-state index contributed by atoms with van der Waals surface area (Å²) < 4.78 is 0.188. The quantitative estimate of drug-likeness (QED) is 0.776. The van der Waals surface area contributed by atoms with Crippen molar-refractivity contribution < 1.29 is 5.11 Å². The molecule has 0 saturated carbocycles. The molecule has 0 aromatic rings. The molecule has 0 radical (unpaired) electrons. The van der Waals surface area contributed by atoms with Crippen LogP contribution in [0.2, 0.25) is 0 Å². The third kappa shape index (κ3) is 4.22. The summed E-state index contributed by atoms with van der Waals surface area (Å²) in [5.41, 5.74) is 0. The lowest BCUT2D eigenvalue weighted by Gasteiger charge is -2.40. The Balaban J connectivity index is 4.63. The molecular weight excluding hydrogens is 192 g/mol. The van der Waals surface area contributed by atoms with Crippen molar-refractivity contribution in [2.45, 2.75) is 70.5 Å². The van der Waals surface area contributed by atoms with E-state index < -0.39 is 0 Å². The van der Waals surface area contributed by atoms with E-state index in [0.29, 0.717) is 5.92 Å². The zero-order valence-electron chi connectivity index (χ0n) is 10.7. The second-order valence-electron chi connectivity index (χ2n) is 5.57. The Morgan fingerprint density at radius 1 is 1.14 bits per heavy atom. The van der Waals surface area contributed by atoms with Gasteiger partial charge in [0.05, 0.1) is 6.10 Å². The summed E-state index contributed by atoms with van der Waals surface area (Å²) >= 11 is 1.89. The molecule has 0 spiro atoms. The number of hydrogen-bond donors (Lipinski definition) is 1. The summed E-state index contributed by atoms with van der Waals surface area (Å²) in [6, 6.07) is 0. The van der Waals surface area contributed by atoms with Gasteiger partial charge in [0.25, 0.3) is 0 Å². The molecule has 0 rings (SSSR count). The molecule has 14 heavy (non-hydrogen) atoms. The van der Waals surface area contributed by atoms with Gasteiger partial charge in [0, 0.05) is 9.49 Å². The highest BCUT2D eigenvalue weighted by Crippen LogP contribution is 2.42. The molecule has 2 heteroatoms. The Hall–Kier alpha value is 0.310. The van der Waals surface area contributed by atoms with E-state index in [4.69, 9.17) is 0 Å². The van der Waals surface area contributed by atoms with Gasteiger partial charge in [-0.3, -0.25) is 0 Å². The van der Waals surface area contributed by atoms with E-state index in [2.05, 4.69) is 48.5 Å². The minimum atomic E-state index is -0.225. The highest BCUT2D eigenvalue weighted by atomic mass is 32.2. The third-order valence-corrected chi connectivity index (χ3v) is 4.11. The third-order valence-electron chi connectivity index (χ3n) is 2.50. The Morgan fingerprint density at radius 2 is 1.57 bits per heavy atom. The predicted molar refractivity (Wildman–Crippen MR) is 66.9 cm³/mol. The van der Waals surface area contributed by atoms with E-state index in [1.54, 1.807) is 0 Å². The summed E-state index contributed by atoms with van der Waals surface area (Å²) in [5.74, 6) is 0.329. The Labute approximate surface area is 93.7 Å². The first-order valence-corrected chi connectivity index (χ1v) is 6.32.